The Bertz CT molecular complexity index is 325. The van der Waals surface area contributed by atoms with Crippen molar-refractivity contribution in [2.75, 3.05) is 0 Å². The van der Waals surface area contributed by atoms with Gasteiger partial charge in [-0.2, -0.15) is 0 Å². The molecule has 0 saturated heterocycles. The van der Waals surface area contributed by atoms with Gasteiger partial charge < -0.3 is 14.8 Å². The van der Waals surface area contributed by atoms with E-state index >= 15 is 0 Å². The predicted octanol–water partition coefficient (Wildman–Crippen LogP) is 0.770. The molecular formula is C11H17BO3. The van der Waals surface area contributed by atoms with Crippen LogP contribution in [0, 0.1) is 13.8 Å². The molecule has 0 heterocycles. The lowest BCUT2D eigenvalue weighted by Crippen LogP contribution is -2.34. The van der Waals surface area contributed by atoms with E-state index in [1.54, 1.807) is 0 Å². The van der Waals surface area contributed by atoms with Crippen LogP contribution in [0.2, 0.25) is 0 Å². The van der Waals surface area contributed by atoms with Crippen LogP contribution in [-0.2, 0) is 0 Å². The van der Waals surface area contributed by atoms with E-state index in [1.807, 2.05) is 39.8 Å². The highest BCUT2D eigenvalue weighted by atomic mass is 16.5. The minimum Gasteiger partial charge on any atom is -0.491 e. The van der Waals surface area contributed by atoms with Gasteiger partial charge in [0, 0.05) is 0 Å². The number of ether oxygens (including phenoxy) is 1. The third kappa shape index (κ3) is 2.98. The average Bonchev–Trinajstić information content (AvgIpc) is 1.99. The molecule has 1 rings (SSSR count). The summed E-state index contributed by atoms with van der Waals surface area (Å²) < 4.78 is 5.55. The molecule has 4 heteroatoms. The minimum absolute atomic E-state index is 0.119. The van der Waals surface area contributed by atoms with Crippen LogP contribution in [0.25, 0.3) is 0 Å². The van der Waals surface area contributed by atoms with Gasteiger partial charge in [-0.3, -0.25) is 0 Å². The fraction of sp³-hybridized carbons (Fsp3) is 0.455. The molecule has 0 aliphatic rings. The van der Waals surface area contributed by atoms with Crippen molar-refractivity contribution >= 4 is 12.6 Å². The fourth-order valence-electron chi connectivity index (χ4n) is 1.68. The number of hydrogen-bond acceptors (Lipinski definition) is 3. The molecule has 0 radical (unpaired) electrons. The predicted molar refractivity (Wildman–Crippen MR) is 61.5 cm³/mol. The maximum Gasteiger partial charge on any atom is 0.488 e. The molecule has 3 nitrogen and oxygen atoms in total. The molecular weight excluding hydrogens is 191 g/mol. The van der Waals surface area contributed by atoms with Gasteiger partial charge >= 0.3 is 7.12 Å². The van der Waals surface area contributed by atoms with E-state index in [-0.39, 0.29) is 6.10 Å². The summed E-state index contributed by atoms with van der Waals surface area (Å²) in [5.74, 6) is 0.768. The van der Waals surface area contributed by atoms with Gasteiger partial charge in [-0.15, -0.1) is 0 Å². The van der Waals surface area contributed by atoms with Crippen LogP contribution in [-0.4, -0.2) is 23.3 Å². The monoisotopic (exact) mass is 208 g/mol. The molecule has 0 unspecified atom stereocenters. The second kappa shape index (κ2) is 4.68. The lowest BCUT2D eigenvalue weighted by atomic mass is 9.74. The quantitative estimate of drug-likeness (QED) is 0.721. The van der Waals surface area contributed by atoms with E-state index in [1.165, 1.54) is 0 Å². The Hall–Kier alpha value is -0.995. The maximum atomic E-state index is 9.17. The summed E-state index contributed by atoms with van der Waals surface area (Å²) in [7, 11) is -1.42. The smallest absolute Gasteiger partial charge is 0.488 e. The zero-order valence-electron chi connectivity index (χ0n) is 9.61. The lowest BCUT2D eigenvalue weighted by Gasteiger charge is -2.14. The molecule has 0 aromatic heterocycles. The number of hydrogen-bond donors (Lipinski definition) is 2. The summed E-state index contributed by atoms with van der Waals surface area (Å²) in [6.07, 6.45) is 0.119. The van der Waals surface area contributed by atoms with Gasteiger partial charge in [0.1, 0.15) is 5.75 Å². The van der Waals surface area contributed by atoms with Crippen molar-refractivity contribution in [2.45, 2.75) is 33.8 Å². The third-order valence-electron chi connectivity index (χ3n) is 2.20. The first-order valence-electron chi connectivity index (χ1n) is 5.05. The fourth-order valence-corrected chi connectivity index (χ4v) is 1.68. The van der Waals surface area contributed by atoms with Gasteiger partial charge in [0.15, 0.2) is 0 Å². The first-order valence-corrected chi connectivity index (χ1v) is 5.05. The molecule has 0 bridgehead atoms. The van der Waals surface area contributed by atoms with E-state index in [0.29, 0.717) is 5.46 Å². The number of rotatable bonds is 3. The van der Waals surface area contributed by atoms with Gasteiger partial charge in [-0.25, -0.2) is 0 Å². The highest BCUT2D eigenvalue weighted by Crippen LogP contribution is 2.16. The van der Waals surface area contributed by atoms with Gasteiger partial charge in [0.05, 0.1) is 6.10 Å². The molecule has 15 heavy (non-hydrogen) atoms. The summed E-state index contributed by atoms with van der Waals surface area (Å²) >= 11 is 0. The second-order valence-electron chi connectivity index (χ2n) is 4.01. The molecule has 0 amide bonds. The van der Waals surface area contributed by atoms with Crippen molar-refractivity contribution < 1.29 is 14.8 Å². The van der Waals surface area contributed by atoms with Crippen molar-refractivity contribution in [3.63, 3.8) is 0 Å². The summed E-state index contributed by atoms with van der Waals surface area (Å²) in [6.45, 7) is 7.60. The maximum absolute atomic E-state index is 9.17. The van der Waals surface area contributed by atoms with Crippen LogP contribution in [0.5, 0.6) is 5.75 Å². The van der Waals surface area contributed by atoms with Gasteiger partial charge in [-0.05, 0) is 56.4 Å². The Balaban J connectivity index is 3.08. The molecule has 0 aliphatic heterocycles. The largest absolute Gasteiger partial charge is 0.491 e. The van der Waals surface area contributed by atoms with Crippen LogP contribution >= 0.6 is 0 Å². The van der Waals surface area contributed by atoms with E-state index in [4.69, 9.17) is 4.74 Å². The van der Waals surface area contributed by atoms with E-state index in [9.17, 15) is 10.0 Å². The molecule has 1 aromatic rings. The molecule has 0 spiro atoms. The van der Waals surface area contributed by atoms with Crippen LogP contribution in [0.15, 0.2) is 12.1 Å². The Morgan fingerprint density at radius 3 is 1.93 bits per heavy atom. The summed E-state index contributed by atoms with van der Waals surface area (Å²) in [6, 6.07) is 3.64. The SMILES string of the molecule is Cc1cc(OC(C)C)cc(C)c1B(O)O. The number of benzene rings is 1. The molecule has 0 fully saturated rings. The first-order chi connectivity index (χ1) is 6.91. The van der Waals surface area contributed by atoms with Crippen LogP contribution in [0.1, 0.15) is 25.0 Å². The molecule has 2 N–H and O–H groups in total. The van der Waals surface area contributed by atoms with E-state index in [0.717, 1.165) is 16.9 Å². The topological polar surface area (TPSA) is 49.7 Å². The Morgan fingerprint density at radius 2 is 1.60 bits per heavy atom. The highest BCUT2D eigenvalue weighted by molar-refractivity contribution is 6.59. The first kappa shape index (κ1) is 12.1. The zero-order valence-corrected chi connectivity index (χ0v) is 9.61. The molecule has 0 aliphatic carbocycles. The third-order valence-corrected chi connectivity index (χ3v) is 2.20. The average molecular weight is 208 g/mol. The standard InChI is InChI=1S/C11H17BO3/c1-7(2)15-10-5-8(3)11(12(13)14)9(4)6-10/h5-7,13-14H,1-4H3. The Kier molecular flexibility index (Phi) is 3.77. The van der Waals surface area contributed by atoms with Gasteiger partial charge in [-0.1, -0.05) is 0 Å². The van der Waals surface area contributed by atoms with Crippen molar-refractivity contribution in [3.8, 4) is 5.75 Å². The molecule has 0 atom stereocenters. The van der Waals surface area contributed by atoms with Gasteiger partial charge in [0.25, 0.3) is 0 Å². The van der Waals surface area contributed by atoms with Crippen LogP contribution in [0.4, 0.5) is 0 Å². The van der Waals surface area contributed by atoms with E-state index < -0.39 is 7.12 Å². The van der Waals surface area contributed by atoms with Crippen molar-refractivity contribution in [1.82, 2.24) is 0 Å². The van der Waals surface area contributed by atoms with Crippen molar-refractivity contribution in [3.05, 3.63) is 23.3 Å². The van der Waals surface area contributed by atoms with E-state index in [2.05, 4.69) is 0 Å². The Labute approximate surface area is 90.9 Å². The molecule has 1 aromatic carbocycles. The van der Waals surface area contributed by atoms with Crippen LogP contribution in [0.3, 0.4) is 0 Å². The minimum atomic E-state index is -1.42. The number of aryl methyl sites for hydroxylation is 2. The molecule has 82 valence electrons. The summed E-state index contributed by atoms with van der Waals surface area (Å²) in [5.41, 5.74) is 2.23. The van der Waals surface area contributed by atoms with Gasteiger partial charge in [0.2, 0.25) is 0 Å². The normalized spacial score (nSPS) is 10.6. The van der Waals surface area contributed by atoms with Crippen molar-refractivity contribution in [1.29, 1.82) is 0 Å². The summed E-state index contributed by atoms with van der Waals surface area (Å²) in [4.78, 5) is 0. The Morgan fingerprint density at radius 1 is 1.13 bits per heavy atom. The van der Waals surface area contributed by atoms with Crippen LogP contribution < -0.4 is 10.2 Å². The lowest BCUT2D eigenvalue weighted by molar-refractivity contribution is 0.242. The summed E-state index contributed by atoms with van der Waals surface area (Å²) in [5, 5.41) is 18.3. The highest BCUT2D eigenvalue weighted by Gasteiger charge is 2.17. The van der Waals surface area contributed by atoms with Crippen molar-refractivity contribution in [2.24, 2.45) is 0 Å². The second-order valence-corrected chi connectivity index (χ2v) is 4.01. The zero-order chi connectivity index (χ0) is 11.6. The molecule has 0 saturated carbocycles.